The second kappa shape index (κ2) is 5.44. The van der Waals surface area contributed by atoms with E-state index in [1.54, 1.807) is 7.11 Å². The van der Waals surface area contributed by atoms with Crippen LogP contribution in [0, 0.1) is 0 Å². The number of nitrogens with zero attached hydrogens (tertiary/aromatic N) is 3. The Hall–Kier alpha value is -1.18. The summed E-state index contributed by atoms with van der Waals surface area (Å²) >= 11 is 5.76. The molecular weight excluding hydrogens is 246 g/mol. The highest BCUT2D eigenvalue weighted by Gasteiger charge is 2.27. The van der Waals surface area contributed by atoms with Crippen molar-refractivity contribution in [1.82, 2.24) is 20.3 Å². The highest BCUT2D eigenvalue weighted by molar-refractivity contribution is 6.28. The van der Waals surface area contributed by atoms with Crippen LogP contribution in [0.1, 0.15) is 0 Å². The fourth-order valence-corrected chi connectivity index (χ4v) is 1.85. The Kier molecular flexibility index (Phi) is 3.93. The fraction of sp³-hybridized carbons (Fsp3) is 0.667. The Morgan fingerprint density at radius 1 is 1.29 bits per heavy atom. The van der Waals surface area contributed by atoms with Gasteiger partial charge in [0.2, 0.25) is 11.2 Å². The fourth-order valence-electron chi connectivity index (χ4n) is 1.70. The first-order valence-corrected chi connectivity index (χ1v) is 5.56. The average Bonchev–Trinajstić information content (AvgIpc) is 2.75. The van der Waals surface area contributed by atoms with Gasteiger partial charge in [-0.05, 0) is 11.6 Å². The first-order valence-electron chi connectivity index (χ1n) is 5.18. The minimum Gasteiger partial charge on any atom is -0.467 e. The molecular formula is C9H14ClN5O2. The Morgan fingerprint density at radius 2 is 2.12 bits per heavy atom. The lowest BCUT2D eigenvalue weighted by atomic mass is 10.2. The minimum atomic E-state index is 0.0801. The molecule has 0 bridgehead atoms. The Bertz CT molecular complexity index is 392. The molecule has 0 radical (unpaired) electrons. The smallest absolute Gasteiger partial charge is 0.322 e. The van der Waals surface area contributed by atoms with Gasteiger partial charge in [0.05, 0.1) is 19.3 Å². The molecule has 2 heterocycles. The molecule has 17 heavy (non-hydrogen) atoms. The first kappa shape index (κ1) is 12.3. The molecule has 2 atom stereocenters. The summed E-state index contributed by atoms with van der Waals surface area (Å²) in [4.78, 5) is 11.8. The molecule has 1 aromatic rings. The minimum absolute atomic E-state index is 0.0801. The van der Waals surface area contributed by atoms with E-state index in [2.05, 4.69) is 25.6 Å². The van der Waals surface area contributed by atoms with Gasteiger partial charge in [-0.15, -0.1) is 0 Å². The Morgan fingerprint density at radius 3 is 2.82 bits per heavy atom. The number of halogens is 1. The maximum Gasteiger partial charge on any atom is 0.322 e. The van der Waals surface area contributed by atoms with Gasteiger partial charge in [-0.1, -0.05) is 0 Å². The van der Waals surface area contributed by atoms with Crippen LogP contribution in [-0.4, -0.2) is 54.4 Å². The van der Waals surface area contributed by atoms with Crippen molar-refractivity contribution in [2.75, 3.05) is 32.6 Å². The molecule has 0 aromatic carbocycles. The van der Waals surface area contributed by atoms with Crippen molar-refractivity contribution < 1.29 is 9.47 Å². The monoisotopic (exact) mass is 259 g/mol. The van der Waals surface area contributed by atoms with Gasteiger partial charge < -0.3 is 20.1 Å². The Balaban J connectivity index is 2.09. The molecule has 1 saturated heterocycles. The SMILES string of the molecule is COc1nc(Cl)nc(NC2CNC[C@@H]2OC)n1. The number of methoxy groups -OCH3 is 2. The normalized spacial score (nSPS) is 23.7. The number of anilines is 1. The van der Waals surface area contributed by atoms with E-state index in [1.165, 1.54) is 7.11 Å². The predicted molar refractivity (Wildman–Crippen MR) is 62.5 cm³/mol. The number of aromatic nitrogens is 3. The Labute approximate surface area is 104 Å². The van der Waals surface area contributed by atoms with E-state index in [-0.39, 0.29) is 23.4 Å². The van der Waals surface area contributed by atoms with Gasteiger partial charge in [-0.25, -0.2) is 0 Å². The number of nitrogens with one attached hydrogen (secondary N) is 2. The second-order valence-corrected chi connectivity index (χ2v) is 3.94. The maximum absolute atomic E-state index is 5.76. The second-order valence-electron chi connectivity index (χ2n) is 3.60. The van der Waals surface area contributed by atoms with Gasteiger partial charge in [0.25, 0.3) is 0 Å². The van der Waals surface area contributed by atoms with Gasteiger partial charge in [0, 0.05) is 20.2 Å². The molecule has 8 heteroatoms. The summed E-state index contributed by atoms with van der Waals surface area (Å²) in [5.41, 5.74) is 0. The van der Waals surface area contributed by atoms with Gasteiger partial charge in [0.1, 0.15) is 0 Å². The van der Waals surface area contributed by atoms with Crippen LogP contribution in [-0.2, 0) is 4.74 Å². The largest absolute Gasteiger partial charge is 0.467 e. The van der Waals surface area contributed by atoms with E-state index in [4.69, 9.17) is 21.1 Å². The summed E-state index contributed by atoms with van der Waals surface area (Å²) in [6, 6.07) is 0.288. The molecule has 2 rings (SSSR count). The third kappa shape index (κ3) is 2.93. The quantitative estimate of drug-likeness (QED) is 0.783. The lowest BCUT2D eigenvalue weighted by Crippen LogP contribution is -2.34. The number of hydrogen-bond acceptors (Lipinski definition) is 7. The van der Waals surface area contributed by atoms with Crippen LogP contribution in [0.5, 0.6) is 6.01 Å². The number of rotatable bonds is 4. The molecule has 7 nitrogen and oxygen atoms in total. The van der Waals surface area contributed by atoms with Crippen LogP contribution in [0.15, 0.2) is 0 Å². The predicted octanol–water partition coefficient (Wildman–Crippen LogP) is -0.0677. The third-order valence-corrected chi connectivity index (χ3v) is 2.72. The van der Waals surface area contributed by atoms with Crippen molar-refractivity contribution in [3.8, 4) is 6.01 Å². The molecule has 0 saturated carbocycles. The van der Waals surface area contributed by atoms with Crippen molar-refractivity contribution in [2.45, 2.75) is 12.1 Å². The molecule has 2 N–H and O–H groups in total. The van der Waals surface area contributed by atoms with E-state index in [0.717, 1.165) is 13.1 Å². The van der Waals surface area contributed by atoms with Crippen molar-refractivity contribution in [3.05, 3.63) is 5.28 Å². The lowest BCUT2D eigenvalue weighted by Gasteiger charge is -2.18. The van der Waals surface area contributed by atoms with Crippen molar-refractivity contribution in [3.63, 3.8) is 0 Å². The lowest BCUT2D eigenvalue weighted by molar-refractivity contribution is 0.111. The molecule has 1 aromatic heterocycles. The van der Waals surface area contributed by atoms with Crippen LogP contribution in [0.2, 0.25) is 5.28 Å². The molecule has 0 spiro atoms. The summed E-state index contributed by atoms with van der Waals surface area (Å²) in [6.45, 7) is 1.58. The maximum atomic E-state index is 5.76. The first-order chi connectivity index (χ1) is 8.22. The van der Waals surface area contributed by atoms with Gasteiger partial charge in [-0.2, -0.15) is 15.0 Å². The van der Waals surface area contributed by atoms with E-state index in [9.17, 15) is 0 Å². The zero-order valence-electron chi connectivity index (χ0n) is 9.61. The molecule has 1 aliphatic heterocycles. The van der Waals surface area contributed by atoms with Gasteiger partial charge in [-0.3, -0.25) is 0 Å². The molecule has 1 aliphatic rings. The molecule has 0 aliphatic carbocycles. The number of hydrogen-bond donors (Lipinski definition) is 2. The van der Waals surface area contributed by atoms with Crippen molar-refractivity contribution in [2.24, 2.45) is 0 Å². The zero-order valence-corrected chi connectivity index (χ0v) is 10.4. The van der Waals surface area contributed by atoms with Crippen LogP contribution in [0.3, 0.4) is 0 Å². The van der Waals surface area contributed by atoms with Crippen LogP contribution >= 0.6 is 11.6 Å². The van der Waals surface area contributed by atoms with E-state index >= 15 is 0 Å². The topological polar surface area (TPSA) is 81.2 Å². The summed E-state index contributed by atoms with van der Waals surface area (Å²) in [6.07, 6.45) is 0.0801. The standard InChI is InChI=1S/C9H14ClN5O2/c1-16-6-4-11-3-5(6)12-8-13-7(10)14-9(15-8)17-2/h5-6,11H,3-4H2,1-2H3,(H,12,13,14,15)/t5?,6-/m0/s1. The summed E-state index contributed by atoms with van der Waals surface area (Å²) < 4.78 is 10.2. The van der Waals surface area contributed by atoms with Gasteiger partial charge >= 0.3 is 6.01 Å². The van der Waals surface area contributed by atoms with Gasteiger partial charge in [0.15, 0.2) is 0 Å². The van der Waals surface area contributed by atoms with Crippen LogP contribution in [0.25, 0.3) is 0 Å². The summed E-state index contributed by atoms with van der Waals surface area (Å²) in [5.74, 6) is 0.387. The van der Waals surface area contributed by atoms with E-state index < -0.39 is 0 Å². The van der Waals surface area contributed by atoms with Crippen LogP contribution < -0.4 is 15.4 Å². The molecule has 0 amide bonds. The van der Waals surface area contributed by atoms with Crippen molar-refractivity contribution >= 4 is 17.5 Å². The summed E-state index contributed by atoms with van der Waals surface area (Å²) in [5, 5.41) is 6.45. The van der Waals surface area contributed by atoms with E-state index in [0.29, 0.717) is 5.95 Å². The molecule has 1 unspecified atom stereocenters. The molecule has 94 valence electrons. The highest BCUT2D eigenvalue weighted by Crippen LogP contribution is 2.14. The third-order valence-electron chi connectivity index (χ3n) is 2.55. The zero-order chi connectivity index (χ0) is 12.3. The van der Waals surface area contributed by atoms with Crippen molar-refractivity contribution in [1.29, 1.82) is 0 Å². The molecule has 1 fully saturated rings. The number of ether oxygens (including phenoxy) is 2. The highest BCUT2D eigenvalue weighted by atomic mass is 35.5. The van der Waals surface area contributed by atoms with E-state index in [1.807, 2.05) is 0 Å². The summed E-state index contributed by atoms with van der Waals surface area (Å²) in [7, 11) is 3.15. The van der Waals surface area contributed by atoms with Crippen LogP contribution in [0.4, 0.5) is 5.95 Å². The average molecular weight is 260 g/mol.